The van der Waals surface area contributed by atoms with Gasteiger partial charge in [0.05, 0.1) is 5.69 Å². The van der Waals surface area contributed by atoms with Gasteiger partial charge >= 0.3 is 0 Å². The quantitative estimate of drug-likeness (QED) is 0.171. The van der Waals surface area contributed by atoms with Crippen LogP contribution in [0.3, 0.4) is 0 Å². The van der Waals surface area contributed by atoms with Crippen molar-refractivity contribution in [3.8, 4) is 22.3 Å². The number of aryl methyl sites for hydroxylation is 2. The molecule has 8 aromatic rings. The Kier molecular flexibility index (Phi) is 17.5. The molecule has 4 aliphatic rings. The molecule has 87 heavy (non-hydrogen) atoms. The summed E-state index contributed by atoms with van der Waals surface area (Å²) in [5.41, 5.74) is 26.5. The second kappa shape index (κ2) is 23.7. The average Bonchev–Trinajstić information content (AvgIpc) is 0.776. The van der Waals surface area contributed by atoms with Crippen LogP contribution in [0.5, 0.6) is 0 Å². The van der Waals surface area contributed by atoms with Gasteiger partial charge in [-0.3, -0.25) is 0 Å². The summed E-state index contributed by atoms with van der Waals surface area (Å²) < 4.78 is 1.03. The van der Waals surface area contributed by atoms with E-state index in [-0.39, 0.29) is 43.3 Å². The first-order valence-electron chi connectivity index (χ1n) is 32.1. The summed E-state index contributed by atoms with van der Waals surface area (Å²) >= 11 is 15.8. The third-order valence-corrected chi connectivity index (χ3v) is 21.8. The zero-order valence-electron chi connectivity index (χ0n) is 55.7. The fourth-order valence-electron chi connectivity index (χ4n) is 14.7. The summed E-state index contributed by atoms with van der Waals surface area (Å²) in [6.07, 6.45) is 9.68. The number of nitrogens with one attached hydrogen (secondary N) is 1. The van der Waals surface area contributed by atoms with Crippen LogP contribution >= 0.6 is 39.1 Å². The van der Waals surface area contributed by atoms with Gasteiger partial charge in [-0.2, -0.15) is 0 Å². The summed E-state index contributed by atoms with van der Waals surface area (Å²) in [6, 6.07) is 58.4. The van der Waals surface area contributed by atoms with Crippen LogP contribution < -0.4 is 10.2 Å². The topological polar surface area (TPSA) is 15.3 Å². The second-order valence-corrected chi connectivity index (χ2v) is 33.3. The van der Waals surface area contributed by atoms with Crippen LogP contribution in [-0.2, 0) is 43.3 Å². The van der Waals surface area contributed by atoms with Crippen molar-refractivity contribution in [1.82, 2.24) is 0 Å². The molecule has 0 aliphatic heterocycles. The standard InChI is InChI=1S/C41H48ClN.C34H43N.C7H6BrCl/c1-27-21-29(42)23-31(22-27)43(30-15-16-33-34(24-30)39(4,5)18-17-38(33,2)3)37-26-36-35(40(6,7)19-20-41(36,8)9)25-32(37)28-13-11-10-12-14-28;1-31(2)16-17-32(3,4)27-20-24(14-15-26(27)31)35-30-22-29-28(33(5,6)18-19-34(29,7)8)21-25(30)23-12-10-9-11-13-23;1-5-2-6(8)4-7(9)3-5/h10-16,21-26H,17-20H2,1-9H3;9-15,20-22,35H,16-19H2,1-8H3;2-4H,1H3. The molecule has 0 fully saturated rings. The van der Waals surface area contributed by atoms with Gasteiger partial charge in [-0.1, -0.05) is 223 Å². The zero-order chi connectivity index (χ0) is 63.0. The number of halogens is 3. The molecular formula is C82H97BrCl2N2. The lowest BCUT2D eigenvalue weighted by molar-refractivity contribution is 0.332. The number of nitrogens with zero attached hydrogens (tertiary/aromatic N) is 1. The van der Waals surface area contributed by atoms with Crippen LogP contribution in [0.15, 0.2) is 162 Å². The second-order valence-electron chi connectivity index (χ2n) is 31.5. The van der Waals surface area contributed by atoms with Crippen molar-refractivity contribution in [3.05, 3.63) is 228 Å². The van der Waals surface area contributed by atoms with Crippen LogP contribution in [0.1, 0.15) is 218 Å². The van der Waals surface area contributed by atoms with Crippen molar-refractivity contribution in [2.45, 2.75) is 219 Å². The van der Waals surface area contributed by atoms with E-state index in [0.717, 1.165) is 25.8 Å². The molecule has 0 saturated heterocycles. The zero-order valence-corrected chi connectivity index (χ0v) is 58.8. The Morgan fingerprint density at radius 3 is 1.18 bits per heavy atom. The molecular weight excluding hydrogens is 1160 g/mol. The van der Waals surface area contributed by atoms with Crippen molar-refractivity contribution >= 4 is 67.6 Å². The first-order chi connectivity index (χ1) is 40.6. The van der Waals surface area contributed by atoms with E-state index in [4.69, 9.17) is 23.2 Å². The van der Waals surface area contributed by atoms with Crippen molar-refractivity contribution in [3.63, 3.8) is 0 Å². The number of rotatable bonds is 7. The van der Waals surface area contributed by atoms with E-state index in [2.05, 4.69) is 283 Å². The molecule has 0 unspecified atom stereocenters. The predicted molar refractivity (Wildman–Crippen MR) is 383 cm³/mol. The van der Waals surface area contributed by atoms with E-state index in [1.165, 1.54) is 146 Å². The Morgan fingerprint density at radius 1 is 0.345 bits per heavy atom. The number of hydrogen-bond acceptors (Lipinski definition) is 2. The minimum absolute atomic E-state index is 0.0899. The van der Waals surface area contributed by atoms with Gasteiger partial charge in [0.1, 0.15) is 0 Å². The molecule has 0 spiro atoms. The molecule has 0 saturated carbocycles. The lowest BCUT2D eigenvalue weighted by atomic mass is 9.62. The fraction of sp³-hybridized carbons (Fsp3) is 0.415. The molecule has 4 aliphatic carbocycles. The van der Waals surface area contributed by atoms with Crippen molar-refractivity contribution < 1.29 is 0 Å². The van der Waals surface area contributed by atoms with Crippen LogP contribution in [-0.4, -0.2) is 0 Å². The molecule has 5 heteroatoms. The van der Waals surface area contributed by atoms with E-state index in [1.54, 1.807) is 0 Å². The molecule has 2 nitrogen and oxygen atoms in total. The molecule has 0 radical (unpaired) electrons. The van der Waals surface area contributed by atoms with Crippen LogP contribution in [0.25, 0.3) is 22.3 Å². The first-order valence-corrected chi connectivity index (χ1v) is 33.7. The predicted octanol–water partition coefficient (Wildman–Crippen LogP) is 25.7. The van der Waals surface area contributed by atoms with Crippen molar-refractivity contribution in [2.24, 2.45) is 0 Å². The van der Waals surface area contributed by atoms with E-state index < -0.39 is 0 Å². The third kappa shape index (κ3) is 13.4. The summed E-state index contributed by atoms with van der Waals surface area (Å²) in [4.78, 5) is 2.48. The van der Waals surface area contributed by atoms with E-state index >= 15 is 0 Å². The summed E-state index contributed by atoms with van der Waals surface area (Å²) in [5.74, 6) is 0. The largest absolute Gasteiger partial charge is 0.355 e. The van der Waals surface area contributed by atoms with E-state index in [1.807, 2.05) is 25.1 Å². The SMILES string of the molecule is CC1(C)CCC(C)(C)c2cc(Nc3cc4c(cc3-c3ccccc3)C(C)(C)CCC4(C)C)ccc21.Cc1cc(Cl)cc(Br)c1.Cc1cc(Cl)cc(N(c2ccc3c(c2)C(C)(C)CCC3(C)C)c2cc3c(cc2-c2ccccc2)C(C)(C)CCC3(C)C)c1. The lowest BCUT2D eigenvalue weighted by Crippen LogP contribution is -2.34. The van der Waals surface area contributed by atoms with Gasteiger partial charge in [0.2, 0.25) is 0 Å². The molecule has 0 bridgehead atoms. The maximum absolute atomic E-state index is 6.80. The third-order valence-electron chi connectivity index (χ3n) is 20.9. The van der Waals surface area contributed by atoms with Gasteiger partial charge in [0, 0.05) is 48.4 Å². The van der Waals surface area contributed by atoms with Crippen LogP contribution in [0.4, 0.5) is 28.4 Å². The van der Waals surface area contributed by atoms with Crippen molar-refractivity contribution in [2.75, 3.05) is 10.2 Å². The minimum atomic E-state index is 0.0899. The molecule has 8 aromatic carbocycles. The maximum Gasteiger partial charge on any atom is 0.0543 e. The highest BCUT2D eigenvalue weighted by atomic mass is 79.9. The van der Waals surface area contributed by atoms with Crippen LogP contribution in [0, 0.1) is 13.8 Å². The molecule has 0 amide bonds. The Balaban J connectivity index is 0.000000171. The van der Waals surface area contributed by atoms with E-state index in [9.17, 15) is 0 Å². The van der Waals surface area contributed by atoms with Gasteiger partial charge in [0.15, 0.2) is 0 Å². The Bertz CT molecular complexity index is 3790. The van der Waals surface area contributed by atoms with Gasteiger partial charge in [-0.15, -0.1) is 0 Å². The highest BCUT2D eigenvalue weighted by Crippen LogP contribution is 2.55. The molecule has 0 atom stereocenters. The molecule has 1 N–H and O–H groups in total. The van der Waals surface area contributed by atoms with E-state index in [0.29, 0.717) is 0 Å². The Morgan fingerprint density at radius 2 is 0.724 bits per heavy atom. The van der Waals surface area contributed by atoms with Crippen LogP contribution in [0.2, 0.25) is 10.0 Å². The normalized spacial score (nSPS) is 19.0. The maximum atomic E-state index is 6.80. The molecule has 12 rings (SSSR count). The number of anilines is 5. The van der Waals surface area contributed by atoms with Gasteiger partial charge in [-0.05, 0) is 260 Å². The molecule has 0 heterocycles. The van der Waals surface area contributed by atoms with Gasteiger partial charge in [-0.25, -0.2) is 0 Å². The summed E-state index contributed by atoms with van der Waals surface area (Å²) in [5, 5.41) is 5.45. The van der Waals surface area contributed by atoms with Gasteiger partial charge < -0.3 is 10.2 Å². The monoisotopic (exact) mass is 1260 g/mol. The lowest BCUT2D eigenvalue weighted by Gasteiger charge is -2.44. The highest BCUT2D eigenvalue weighted by Gasteiger charge is 2.42. The molecule has 456 valence electrons. The average molecular weight is 1260 g/mol. The Hall–Kier alpha value is -5.58. The van der Waals surface area contributed by atoms with Crippen molar-refractivity contribution in [1.29, 1.82) is 0 Å². The number of benzene rings is 8. The smallest absolute Gasteiger partial charge is 0.0543 e. The Labute approximate surface area is 543 Å². The summed E-state index contributed by atoms with van der Waals surface area (Å²) in [7, 11) is 0. The molecule has 0 aromatic heterocycles. The number of fused-ring (bicyclic) bond motifs is 4. The minimum Gasteiger partial charge on any atom is -0.355 e. The van der Waals surface area contributed by atoms with Gasteiger partial charge in [0.25, 0.3) is 0 Å². The summed E-state index contributed by atoms with van der Waals surface area (Å²) in [6.45, 7) is 42.7. The highest BCUT2D eigenvalue weighted by molar-refractivity contribution is 9.10. The fourth-order valence-corrected chi connectivity index (χ4v) is 16.0. The number of hydrogen-bond donors (Lipinski definition) is 1. The first kappa shape index (κ1) is 64.4.